The first kappa shape index (κ1) is 22.7. The number of amides is 1. The van der Waals surface area contributed by atoms with E-state index in [2.05, 4.69) is 68.4 Å². The predicted octanol–water partition coefficient (Wildman–Crippen LogP) is 4.88. The largest absolute Gasteiger partial charge is 0.369 e. The monoisotopic (exact) mass is 463 g/mol. The van der Waals surface area contributed by atoms with Gasteiger partial charge in [-0.3, -0.25) is 15.0 Å². The summed E-state index contributed by atoms with van der Waals surface area (Å²) in [6.45, 7) is 5.85. The quantitative estimate of drug-likeness (QED) is 0.442. The van der Waals surface area contributed by atoms with Crippen LogP contribution in [0.3, 0.4) is 0 Å². The summed E-state index contributed by atoms with van der Waals surface area (Å²) in [6, 6.07) is 30.6. The first-order valence-corrected chi connectivity index (χ1v) is 12.0. The molecule has 3 aromatic carbocycles. The van der Waals surface area contributed by atoms with Crippen molar-refractivity contribution in [2.24, 2.45) is 0 Å². The molecule has 6 heteroatoms. The average molecular weight is 464 g/mol. The Morgan fingerprint density at radius 3 is 1.97 bits per heavy atom. The number of rotatable bonds is 6. The minimum Gasteiger partial charge on any atom is -0.369 e. The molecule has 1 amide bonds. The zero-order valence-electron chi connectivity index (χ0n) is 19.9. The molecule has 1 saturated heterocycles. The Labute approximate surface area is 206 Å². The first-order chi connectivity index (χ1) is 17.1. The van der Waals surface area contributed by atoms with Crippen LogP contribution in [0.1, 0.15) is 5.56 Å². The van der Waals surface area contributed by atoms with E-state index in [1.165, 1.54) is 11.3 Å². The zero-order valence-corrected chi connectivity index (χ0v) is 19.9. The second-order valence-electron chi connectivity index (χ2n) is 8.84. The molecule has 1 N–H and O–H groups in total. The van der Waals surface area contributed by atoms with Crippen LogP contribution in [0.4, 0.5) is 11.6 Å². The molecule has 1 fully saturated rings. The van der Waals surface area contributed by atoms with E-state index in [0.717, 1.165) is 48.7 Å². The Balaban J connectivity index is 1.29. The highest BCUT2D eigenvalue weighted by atomic mass is 16.2. The van der Waals surface area contributed by atoms with Crippen molar-refractivity contribution in [2.75, 3.05) is 42.9 Å². The summed E-state index contributed by atoms with van der Waals surface area (Å²) in [5.74, 6) is 0.230. The van der Waals surface area contributed by atoms with Crippen molar-refractivity contribution in [3.05, 3.63) is 96.6 Å². The molecule has 0 radical (unpaired) electrons. The third-order valence-corrected chi connectivity index (χ3v) is 6.26. The lowest BCUT2D eigenvalue weighted by Gasteiger charge is -2.35. The van der Waals surface area contributed by atoms with Gasteiger partial charge in [-0.15, -0.1) is 0 Å². The van der Waals surface area contributed by atoms with Gasteiger partial charge in [0.2, 0.25) is 11.9 Å². The molecule has 2 heterocycles. The number of aryl methyl sites for hydroxylation is 1. The molecule has 1 aliphatic rings. The number of nitrogens with zero attached hydrogens (tertiary/aromatic N) is 4. The Morgan fingerprint density at radius 2 is 1.34 bits per heavy atom. The fraction of sp³-hybridized carbons (Fsp3) is 0.207. The van der Waals surface area contributed by atoms with Crippen molar-refractivity contribution in [3.8, 4) is 22.5 Å². The summed E-state index contributed by atoms with van der Waals surface area (Å²) in [5, 5.41) is 2.95. The number of anilines is 2. The molecular formula is C29H29N5O. The highest BCUT2D eigenvalue weighted by Gasteiger charge is 2.20. The summed E-state index contributed by atoms with van der Waals surface area (Å²) in [7, 11) is 0. The van der Waals surface area contributed by atoms with Crippen LogP contribution in [0.2, 0.25) is 0 Å². The van der Waals surface area contributed by atoms with Crippen LogP contribution in [-0.4, -0.2) is 53.5 Å². The highest BCUT2D eigenvalue weighted by molar-refractivity contribution is 5.91. The van der Waals surface area contributed by atoms with E-state index in [1.807, 2.05) is 54.6 Å². The molecule has 0 atom stereocenters. The summed E-state index contributed by atoms with van der Waals surface area (Å²) < 4.78 is 0. The third-order valence-electron chi connectivity index (χ3n) is 6.26. The van der Waals surface area contributed by atoms with Gasteiger partial charge in [-0.25, -0.2) is 9.97 Å². The Kier molecular flexibility index (Phi) is 6.82. The minimum absolute atomic E-state index is 0.0989. The number of aromatic nitrogens is 2. The summed E-state index contributed by atoms with van der Waals surface area (Å²) >= 11 is 0. The Hall–Kier alpha value is -4.03. The van der Waals surface area contributed by atoms with Gasteiger partial charge in [-0.1, -0.05) is 78.4 Å². The maximum atomic E-state index is 12.9. The fourth-order valence-corrected chi connectivity index (χ4v) is 4.30. The van der Waals surface area contributed by atoms with Gasteiger partial charge in [-0.2, -0.15) is 0 Å². The molecule has 176 valence electrons. The number of benzene rings is 3. The van der Waals surface area contributed by atoms with Gasteiger partial charge >= 0.3 is 0 Å². The first-order valence-electron chi connectivity index (χ1n) is 12.0. The predicted molar refractivity (Wildman–Crippen MR) is 141 cm³/mol. The van der Waals surface area contributed by atoms with Gasteiger partial charge in [0.1, 0.15) is 0 Å². The Morgan fingerprint density at radius 1 is 0.771 bits per heavy atom. The topological polar surface area (TPSA) is 61.4 Å². The maximum Gasteiger partial charge on any atom is 0.240 e. The van der Waals surface area contributed by atoms with Gasteiger partial charge < -0.3 is 4.90 Å². The molecule has 0 unspecified atom stereocenters. The molecule has 6 nitrogen and oxygen atoms in total. The van der Waals surface area contributed by atoms with Crippen LogP contribution < -0.4 is 10.2 Å². The highest BCUT2D eigenvalue weighted by Crippen LogP contribution is 2.25. The molecule has 0 spiro atoms. The third kappa shape index (κ3) is 5.73. The van der Waals surface area contributed by atoms with Gasteiger partial charge in [0.25, 0.3) is 0 Å². The molecule has 1 aliphatic heterocycles. The smallest absolute Gasteiger partial charge is 0.240 e. The number of nitrogens with one attached hydrogen (secondary N) is 1. The van der Waals surface area contributed by atoms with E-state index in [4.69, 9.17) is 0 Å². The van der Waals surface area contributed by atoms with Crippen LogP contribution in [-0.2, 0) is 4.79 Å². The van der Waals surface area contributed by atoms with Crippen molar-refractivity contribution < 1.29 is 4.79 Å². The number of para-hydroxylation sites is 1. The number of carbonyl (C=O) groups is 1. The van der Waals surface area contributed by atoms with E-state index in [9.17, 15) is 4.79 Å². The minimum atomic E-state index is -0.0989. The van der Waals surface area contributed by atoms with Crippen molar-refractivity contribution in [3.63, 3.8) is 0 Å². The van der Waals surface area contributed by atoms with Gasteiger partial charge in [0.15, 0.2) is 0 Å². The molecule has 1 aromatic heterocycles. The van der Waals surface area contributed by atoms with Crippen LogP contribution >= 0.6 is 0 Å². The second-order valence-corrected chi connectivity index (χ2v) is 8.84. The van der Waals surface area contributed by atoms with Crippen molar-refractivity contribution in [1.82, 2.24) is 14.9 Å². The second kappa shape index (κ2) is 10.5. The van der Waals surface area contributed by atoms with Crippen molar-refractivity contribution in [1.29, 1.82) is 0 Å². The van der Waals surface area contributed by atoms with Crippen LogP contribution in [0.5, 0.6) is 0 Å². The SMILES string of the molecule is Cc1ccc(-c2cc(-c3ccccc3)nc(NC(=O)CN3CCN(c4ccccc4)CC3)n2)cc1. The van der Waals surface area contributed by atoms with E-state index < -0.39 is 0 Å². The molecule has 0 bridgehead atoms. The summed E-state index contributed by atoms with van der Waals surface area (Å²) in [6.07, 6.45) is 0. The zero-order chi connectivity index (χ0) is 24.0. The standard InChI is InChI=1S/C29H29N5O/c1-22-12-14-24(15-13-22)27-20-26(23-8-4-2-5-9-23)30-29(31-27)32-28(35)21-33-16-18-34(19-17-33)25-10-6-3-7-11-25/h2-15,20H,16-19,21H2,1H3,(H,30,31,32,35). The fourth-order valence-electron chi connectivity index (χ4n) is 4.30. The molecule has 4 aromatic rings. The number of hydrogen-bond donors (Lipinski definition) is 1. The summed E-state index contributed by atoms with van der Waals surface area (Å²) in [5.41, 5.74) is 5.95. The number of piperazine rings is 1. The lowest BCUT2D eigenvalue weighted by Crippen LogP contribution is -2.48. The molecule has 5 rings (SSSR count). The molecule has 0 saturated carbocycles. The van der Waals surface area contributed by atoms with Crippen LogP contribution in [0, 0.1) is 6.92 Å². The van der Waals surface area contributed by atoms with Crippen LogP contribution in [0.25, 0.3) is 22.5 Å². The lowest BCUT2D eigenvalue weighted by atomic mass is 10.1. The van der Waals surface area contributed by atoms with E-state index in [1.54, 1.807) is 0 Å². The van der Waals surface area contributed by atoms with Crippen molar-refractivity contribution >= 4 is 17.5 Å². The van der Waals surface area contributed by atoms with Crippen LogP contribution in [0.15, 0.2) is 91.0 Å². The lowest BCUT2D eigenvalue weighted by molar-refractivity contribution is -0.117. The van der Waals surface area contributed by atoms with Crippen molar-refractivity contribution in [2.45, 2.75) is 6.92 Å². The Bertz CT molecular complexity index is 1270. The molecule has 0 aliphatic carbocycles. The van der Waals surface area contributed by atoms with Gasteiger partial charge in [-0.05, 0) is 25.1 Å². The van der Waals surface area contributed by atoms with Gasteiger partial charge in [0, 0.05) is 43.0 Å². The average Bonchev–Trinajstić information content (AvgIpc) is 2.90. The normalized spacial score (nSPS) is 14.0. The number of hydrogen-bond acceptors (Lipinski definition) is 5. The molecule has 35 heavy (non-hydrogen) atoms. The maximum absolute atomic E-state index is 12.9. The van der Waals surface area contributed by atoms with E-state index >= 15 is 0 Å². The van der Waals surface area contributed by atoms with Gasteiger partial charge in [0.05, 0.1) is 17.9 Å². The summed E-state index contributed by atoms with van der Waals surface area (Å²) in [4.78, 5) is 26.8. The number of carbonyl (C=O) groups excluding carboxylic acids is 1. The van der Waals surface area contributed by atoms with E-state index in [-0.39, 0.29) is 5.91 Å². The van der Waals surface area contributed by atoms with E-state index in [0.29, 0.717) is 12.5 Å². The molecular weight excluding hydrogens is 434 g/mol.